The monoisotopic (exact) mass is 360 g/mol. The molecule has 138 valence electrons. The van der Waals surface area contributed by atoms with Crippen molar-refractivity contribution in [1.82, 2.24) is 0 Å². The normalized spacial score (nSPS) is 19.8. The van der Waals surface area contributed by atoms with Crippen molar-refractivity contribution in [3.63, 3.8) is 0 Å². The lowest BCUT2D eigenvalue weighted by molar-refractivity contribution is 0.00578. The topological polar surface area (TPSA) is 27.7 Å². The Morgan fingerprint density at radius 3 is 1.84 bits per heavy atom. The van der Waals surface area contributed by atoms with Gasteiger partial charge in [0.15, 0.2) is 0 Å². The molecule has 0 amide bonds. The van der Waals surface area contributed by atoms with E-state index in [4.69, 9.17) is 13.7 Å². The van der Waals surface area contributed by atoms with Gasteiger partial charge in [0.25, 0.3) is 0 Å². The maximum atomic E-state index is 6.30. The number of hydrogen-bond acceptors (Lipinski definition) is 3. The van der Waals surface area contributed by atoms with Gasteiger partial charge in [-0.3, -0.25) is 0 Å². The summed E-state index contributed by atoms with van der Waals surface area (Å²) in [6, 6.07) is 8.15. The van der Waals surface area contributed by atoms with Crippen molar-refractivity contribution in [2.75, 3.05) is 0 Å². The lowest BCUT2D eigenvalue weighted by atomic mass is 9.79. The van der Waals surface area contributed by atoms with Crippen molar-refractivity contribution in [1.29, 1.82) is 0 Å². The molecule has 1 heterocycles. The highest BCUT2D eigenvalue weighted by Gasteiger charge is 2.51. The van der Waals surface area contributed by atoms with Crippen molar-refractivity contribution in [3.05, 3.63) is 36.4 Å². The first-order valence-electron chi connectivity index (χ1n) is 9.00. The highest BCUT2D eigenvalue weighted by molar-refractivity contribution is 6.74. The van der Waals surface area contributed by atoms with Gasteiger partial charge in [-0.1, -0.05) is 51.6 Å². The van der Waals surface area contributed by atoms with Crippen LogP contribution in [0.4, 0.5) is 0 Å². The molecular formula is C20H33BO3Si. The van der Waals surface area contributed by atoms with Crippen molar-refractivity contribution in [2.45, 2.75) is 77.8 Å². The van der Waals surface area contributed by atoms with Crippen LogP contribution in [0.3, 0.4) is 0 Å². The fraction of sp³-hybridized carbons (Fsp3) is 0.600. The highest BCUT2D eigenvalue weighted by Crippen LogP contribution is 2.39. The zero-order valence-corrected chi connectivity index (χ0v) is 18.3. The first kappa shape index (κ1) is 20.3. The van der Waals surface area contributed by atoms with Crippen LogP contribution >= 0.6 is 0 Å². The largest absolute Gasteiger partial charge is 0.543 e. The van der Waals surface area contributed by atoms with Crippen LogP contribution in [0.15, 0.2) is 30.8 Å². The summed E-state index contributed by atoms with van der Waals surface area (Å²) in [6.07, 6.45) is 0. The lowest BCUT2D eigenvalue weighted by Crippen LogP contribution is -2.41. The maximum Gasteiger partial charge on any atom is 0.494 e. The zero-order valence-electron chi connectivity index (χ0n) is 17.3. The molecular weight excluding hydrogens is 327 g/mol. The van der Waals surface area contributed by atoms with Gasteiger partial charge in [-0.25, -0.2) is 0 Å². The summed E-state index contributed by atoms with van der Waals surface area (Å²) in [7, 11) is -2.22. The standard InChI is InChI=1S/C20H33BO3Si/c1-15(22-25(9,10)18(2,3)4)16-11-13-17(14-12-16)21-23-19(5,6)20(7,8)24-21/h11-14H,1H2,2-10H3. The van der Waals surface area contributed by atoms with Crippen molar-refractivity contribution >= 4 is 26.7 Å². The van der Waals surface area contributed by atoms with E-state index in [1.54, 1.807) is 0 Å². The van der Waals surface area contributed by atoms with E-state index in [-0.39, 0.29) is 23.4 Å². The predicted octanol–water partition coefficient (Wildman–Crippen LogP) is 4.98. The van der Waals surface area contributed by atoms with E-state index in [2.05, 4.69) is 68.1 Å². The van der Waals surface area contributed by atoms with E-state index >= 15 is 0 Å². The molecule has 0 aliphatic carbocycles. The van der Waals surface area contributed by atoms with Gasteiger partial charge >= 0.3 is 7.12 Å². The molecule has 2 rings (SSSR count). The van der Waals surface area contributed by atoms with Crippen LogP contribution in [0.1, 0.15) is 54.0 Å². The second-order valence-electron chi connectivity index (χ2n) is 9.50. The highest BCUT2D eigenvalue weighted by atomic mass is 28.4. The summed E-state index contributed by atoms with van der Waals surface area (Å²) >= 11 is 0. The van der Waals surface area contributed by atoms with Gasteiger partial charge in [-0.05, 0) is 51.3 Å². The SMILES string of the molecule is C=C(O[Si](C)(C)C(C)(C)C)c1ccc(B2OC(C)(C)C(C)(C)O2)cc1. The van der Waals surface area contributed by atoms with Crippen molar-refractivity contribution in [3.8, 4) is 0 Å². The molecule has 1 aliphatic heterocycles. The Morgan fingerprint density at radius 2 is 1.44 bits per heavy atom. The molecule has 25 heavy (non-hydrogen) atoms. The van der Waals surface area contributed by atoms with E-state index < -0.39 is 8.32 Å². The molecule has 0 atom stereocenters. The molecule has 1 saturated heterocycles. The summed E-state index contributed by atoms with van der Waals surface area (Å²) in [4.78, 5) is 0. The Bertz CT molecular complexity index is 626. The Kier molecular flexibility index (Phi) is 5.10. The van der Waals surface area contributed by atoms with Crippen LogP contribution in [0.25, 0.3) is 5.76 Å². The van der Waals surface area contributed by atoms with Crippen molar-refractivity contribution in [2.24, 2.45) is 0 Å². The zero-order chi connectivity index (χ0) is 19.3. The molecule has 1 fully saturated rings. The van der Waals surface area contributed by atoms with Crippen LogP contribution in [0.5, 0.6) is 0 Å². The number of rotatable bonds is 4. The summed E-state index contributed by atoms with van der Waals surface area (Å²) in [5, 5.41) is 0.151. The fourth-order valence-corrected chi connectivity index (χ4v) is 3.37. The van der Waals surface area contributed by atoms with Gasteiger partial charge in [0.05, 0.1) is 11.2 Å². The Labute approximate surface area is 155 Å². The van der Waals surface area contributed by atoms with Gasteiger partial charge in [0, 0.05) is 5.56 Å². The second kappa shape index (κ2) is 6.29. The predicted molar refractivity (Wildman–Crippen MR) is 109 cm³/mol. The summed E-state index contributed by atoms with van der Waals surface area (Å²) < 4.78 is 18.5. The van der Waals surface area contributed by atoms with Gasteiger partial charge < -0.3 is 13.7 Å². The molecule has 0 bridgehead atoms. The number of benzene rings is 1. The molecule has 1 aliphatic rings. The molecule has 0 spiro atoms. The summed E-state index contributed by atoms with van der Waals surface area (Å²) in [6.45, 7) is 23.6. The third-order valence-corrected chi connectivity index (χ3v) is 10.3. The van der Waals surface area contributed by atoms with E-state index in [0.717, 1.165) is 16.8 Å². The molecule has 0 radical (unpaired) electrons. The minimum atomic E-state index is -1.88. The van der Waals surface area contributed by atoms with Crippen LogP contribution in [0.2, 0.25) is 18.1 Å². The average Bonchev–Trinajstić information content (AvgIpc) is 2.66. The molecule has 0 N–H and O–H groups in total. The summed E-state index contributed by atoms with van der Waals surface area (Å²) in [5.74, 6) is 0.743. The fourth-order valence-electron chi connectivity index (χ4n) is 2.33. The Balaban J connectivity index is 2.12. The average molecular weight is 360 g/mol. The molecule has 0 aromatic heterocycles. The Hall–Kier alpha value is -1.04. The van der Waals surface area contributed by atoms with Gasteiger partial charge in [-0.15, -0.1) is 0 Å². The lowest BCUT2D eigenvalue weighted by Gasteiger charge is -2.37. The molecule has 5 heteroatoms. The number of hydrogen-bond donors (Lipinski definition) is 0. The van der Waals surface area contributed by atoms with Crippen molar-refractivity contribution < 1.29 is 13.7 Å². The molecule has 0 saturated carbocycles. The van der Waals surface area contributed by atoms with E-state index in [0.29, 0.717) is 0 Å². The van der Waals surface area contributed by atoms with Crippen LogP contribution < -0.4 is 5.46 Å². The van der Waals surface area contributed by atoms with Crippen LogP contribution in [-0.4, -0.2) is 26.6 Å². The smallest absolute Gasteiger partial charge is 0.494 e. The van der Waals surface area contributed by atoms with E-state index in [1.165, 1.54) is 0 Å². The summed E-state index contributed by atoms with van der Waals surface area (Å²) in [5.41, 5.74) is 1.36. The van der Waals surface area contributed by atoms with Crippen LogP contribution in [-0.2, 0) is 13.7 Å². The molecule has 3 nitrogen and oxygen atoms in total. The van der Waals surface area contributed by atoms with E-state index in [1.807, 2.05) is 24.3 Å². The van der Waals surface area contributed by atoms with Crippen LogP contribution in [0, 0.1) is 0 Å². The first-order valence-corrected chi connectivity index (χ1v) is 11.9. The van der Waals surface area contributed by atoms with E-state index in [9.17, 15) is 0 Å². The molecule has 1 aromatic rings. The maximum absolute atomic E-state index is 6.30. The minimum absolute atomic E-state index is 0.151. The van der Waals surface area contributed by atoms with Gasteiger partial charge in [0.1, 0.15) is 5.76 Å². The van der Waals surface area contributed by atoms with Gasteiger partial charge in [-0.2, -0.15) is 0 Å². The molecule has 1 aromatic carbocycles. The minimum Gasteiger partial charge on any atom is -0.543 e. The second-order valence-corrected chi connectivity index (χ2v) is 14.2. The Morgan fingerprint density at radius 1 is 1.00 bits per heavy atom. The molecule has 0 unspecified atom stereocenters. The third kappa shape index (κ3) is 4.04. The van der Waals surface area contributed by atoms with Gasteiger partial charge in [0.2, 0.25) is 8.32 Å². The quantitative estimate of drug-likeness (QED) is 0.560. The third-order valence-electron chi connectivity index (χ3n) is 5.94. The first-order chi connectivity index (χ1) is 11.2.